The largest absolute Gasteiger partial charge is 0.345 e. The second-order valence-electron chi connectivity index (χ2n) is 6.92. The van der Waals surface area contributed by atoms with Gasteiger partial charge in [0.2, 0.25) is 10.0 Å². The van der Waals surface area contributed by atoms with Gasteiger partial charge < -0.3 is 5.32 Å². The summed E-state index contributed by atoms with van der Waals surface area (Å²) in [4.78, 5) is 4.75. The summed E-state index contributed by atoms with van der Waals surface area (Å²) in [7, 11) is -1.06. The predicted octanol–water partition coefficient (Wildman–Crippen LogP) is 4.86. The standard InChI is InChI=1S/C19H21N3O2S3/c1-19(2,3)22-27(23,24)16-17(20-14-10-6-4-7-11-14)25-26-18(16)21-15-12-8-5-9-13-15/h4-13,20,22H,1-3H3. The molecule has 0 amide bonds. The Morgan fingerprint density at radius 3 is 2.07 bits per heavy atom. The molecule has 2 N–H and O–H groups in total. The second kappa shape index (κ2) is 7.93. The van der Waals surface area contributed by atoms with Crippen LogP contribution < -0.4 is 14.7 Å². The molecule has 8 heteroatoms. The Kier molecular flexibility index (Phi) is 5.81. The molecule has 0 spiro atoms. The average molecular weight is 420 g/mol. The number of rotatable bonds is 5. The van der Waals surface area contributed by atoms with Gasteiger partial charge in [0.15, 0.2) is 4.90 Å². The summed E-state index contributed by atoms with van der Waals surface area (Å²) in [6.07, 6.45) is 0. The van der Waals surface area contributed by atoms with Gasteiger partial charge in [-0.15, -0.1) is 0 Å². The molecule has 142 valence electrons. The number of para-hydroxylation sites is 2. The summed E-state index contributed by atoms with van der Waals surface area (Å²) in [5.41, 5.74) is 0.939. The third kappa shape index (κ3) is 5.26. The summed E-state index contributed by atoms with van der Waals surface area (Å²) < 4.78 is 29.5. The number of benzene rings is 2. The molecule has 0 saturated heterocycles. The Balaban J connectivity index is 2.14. The number of hydrogen-bond donors (Lipinski definition) is 2. The molecule has 5 nitrogen and oxygen atoms in total. The summed E-state index contributed by atoms with van der Waals surface area (Å²) in [5.74, 6) is 0. The van der Waals surface area contributed by atoms with Crippen LogP contribution >= 0.6 is 20.7 Å². The van der Waals surface area contributed by atoms with Crippen molar-refractivity contribution in [3.8, 4) is 0 Å². The maximum absolute atomic E-state index is 13.1. The fourth-order valence-electron chi connectivity index (χ4n) is 2.36. The first-order chi connectivity index (χ1) is 12.7. The van der Waals surface area contributed by atoms with E-state index in [1.165, 1.54) is 20.7 Å². The average Bonchev–Trinajstić information content (AvgIpc) is 2.98. The molecule has 0 aliphatic carbocycles. The van der Waals surface area contributed by atoms with Gasteiger partial charge in [-0.3, -0.25) is 0 Å². The van der Waals surface area contributed by atoms with E-state index >= 15 is 0 Å². The Morgan fingerprint density at radius 2 is 1.48 bits per heavy atom. The molecule has 0 fully saturated rings. The van der Waals surface area contributed by atoms with E-state index in [0.717, 1.165) is 5.69 Å². The first kappa shape index (κ1) is 19.8. The minimum atomic E-state index is -3.76. The Bertz CT molecular complexity index is 1060. The van der Waals surface area contributed by atoms with E-state index in [9.17, 15) is 8.42 Å². The minimum Gasteiger partial charge on any atom is -0.345 e. The van der Waals surface area contributed by atoms with Crippen molar-refractivity contribution in [1.29, 1.82) is 0 Å². The molecule has 1 aromatic heterocycles. The van der Waals surface area contributed by atoms with Crippen molar-refractivity contribution < 1.29 is 8.42 Å². The van der Waals surface area contributed by atoms with Crippen LogP contribution in [0.1, 0.15) is 20.8 Å². The van der Waals surface area contributed by atoms with Crippen LogP contribution in [0.2, 0.25) is 0 Å². The molecule has 0 radical (unpaired) electrons. The van der Waals surface area contributed by atoms with Gasteiger partial charge in [-0.25, -0.2) is 18.1 Å². The molecule has 0 unspecified atom stereocenters. The lowest BCUT2D eigenvalue weighted by Crippen LogP contribution is -2.41. The number of nitrogens with zero attached hydrogens (tertiary/aromatic N) is 1. The molecule has 3 rings (SSSR count). The van der Waals surface area contributed by atoms with Gasteiger partial charge in [-0.2, -0.15) is 0 Å². The highest BCUT2D eigenvalue weighted by atomic mass is 32.9. The van der Waals surface area contributed by atoms with Crippen LogP contribution in [-0.4, -0.2) is 14.0 Å². The van der Waals surface area contributed by atoms with E-state index in [-0.39, 0.29) is 4.90 Å². The van der Waals surface area contributed by atoms with Crippen LogP contribution in [-0.2, 0) is 10.0 Å². The fraction of sp³-hybridized carbons (Fsp3) is 0.211. The van der Waals surface area contributed by atoms with Crippen molar-refractivity contribution in [3.05, 3.63) is 65.3 Å². The quantitative estimate of drug-likeness (QED) is 0.580. The zero-order valence-corrected chi connectivity index (χ0v) is 17.7. The van der Waals surface area contributed by atoms with Gasteiger partial charge in [-0.05, 0) is 45.0 Å². The monoisotopic (exact) mass is 419 g/mol. The van der Waals surface area contributed by atoms with E-state index in [2.05, 4.69) is 15.0 Å². The highest BCUT2D eigenvalue weighted by Crippen LogP contribution is 2.31. The lowest BCUT2D eigenvalue weighted by Gasteiger charge is -2.20. The first-order valence-electron chi connectivity index (χ1n) is 8.34. The topological polar surface area (TPSA) is 70.6 Å². The smallest absolute Gasteiger partial charge is 0.247 e. The molecule has 0 atom stereocenters. The highest BCUT2D eigenvalue weighted by molar-refractivity contribution is 7.90. The van der Waals surface area contributed by atoms with Crippen LogP contribution in [0.4, 0.5) is 16.4 Å². The lowest BCUT2D eigenvalue weighted by atomic mass is 10.1. The molecule has 0 bridgehead atoms. The van der Waals surface area contributed by atoms with Crippen molar-refractivity contribution >= 4 is 47.1 Å². The summed E-state index contributed by atoms with van der Waals surface area (Å²) in [6.45, 7) is 5.45. The Morgan fingerprint density at radius 1 is 0.889 bits per heavy atom. The van der Waals surface area contributed by atoms with Gasteiger partial charge in [0.25, 0.3) is 0 Å². The molecule has 0 saturated carbocycles. The number of sulfonamides is 1. The molecule has 3 aromatic rings. The van der Waals surface area contributed by atoms with E-state index in [1.54, 1.807) is 0 Å². The van der Waals surface area contributed by atoms with E-state index < -0.39 is 15.6 Å². The predicted molar refractivity (Wildman–Crippen MR) is 114 cm³/mol. The Hall–Kier alpha value is -2.00. The van der Waals surface area contributed by atoms with Gasteiger partial charge in [0, 0.05) is 11.2 Å². The molecule has 27 heavy (non-hydrogen) atoms. The number of nitrogens with one attached hydrogen (secondary N) is 2. The normalized spacial score (nSPS) is 12.9. The molecular formula is C19H21N3O2S3. The van der Waals surface area contributed by atoms with Crippen LogP contribution in [0.25, 0.3) is 0 Å². The first-order valence-corrected chi connectivity index (χ1v) is 12.0. The van der Waals surface area contributed by atoms with Crippen LogP contribution in [0.3, 0.4) is 0 Å². The molecule has 2 aromatic carbocycles. The van der Waals surface area contributed by atoms with Gasteiger partial charge >= 0.3 is 0 Å². The molecular weight excluding hydrogens is 398 g/mol. The number of hydrogen-bond acceptors (Lipinski definition) is 6. The fourth-order valence-corrected chi connectivity index (χ4v) is 7.17. The second-order valence-corrected chi connectivity index (χ2v) is 10.7. The van der Waals surface area contributed by atoms with Crippen LogP contribution in [0.5, 0.6) is 0 Å². The van der Waals surface area contributed by atoms with Gasteiger partial charge in [0.1, 0.15) is 9.67 Å². The molecule has 0 aliphatic rings. The van der Waals surface area contributed by atoms with E-state index in [4.69, 9.17) is 0 Å². The van der Waals surface area contributed by atoms with Crippen LogP contribution in [0, 0.1) is 0 Å². The summed E-state index contributed by atoms with van der Waals surface area (Å²) >= 11 is 0. The van der Waals surface area contributed by atoms with E-state index in [0.29, 0.717) is 15.4 Å². The zero-order chi connectivity index (χ0) is 19.5. The maximum atomic E-state index is 13.1. The highest BCUT2D eigenvalue weighted by Gasteiger charge is 2.28. The van der Waals surface area contributed by atoms with Crippen molar-refractivity contribution in [2.24, 2.45) is 4.99 Å². The molecule has 1 heterocycles. The summed E-state index contributed by atoms with van der Waals surface area (Å²) in [5, 5.41) is 3.77. The van der Waals surface area contributed by atoms with Gasteiger partial charge in [-0.1, -0.05) is 57.1 Å². The van der Waals surface area contributed by atoms with E-state index in [1.807, 2.05) is 81.4 Å². The minimum absolute atomic E-state index is 0.181. The molecule has 0 aliphatic heterocycles. The zero-order valence-electron chi connectivity index (χ0n) is 15.3. The third-order valence-electron chi connectivity index (χ3n) is 3.33. The maximum Gasteiger partial charge on any atom is 0.247 e. The van der Waals surface area contributed by atoms with Crippen molar-refractivity contribution in [3.63, 3.8) is 0 Å². The van der Waals surface area contributed by atoms with Crippen LogP contribution in [0.15, 0.2) is 70.6 Å². The van der Waals surface area contributed by atoms with Crippen molar-refractivity contribution in [2.45, 2.75) is 31.2 Å². The van der Waals surface area contributed by atoms with Crippen molar-refractivity contribution in [2.75, 3.05) is 5.32 Å². The number of anilines is 2. The van der Waals surface area contributed by atoms with Crippen molar-refractivity contribution in [1.82, 2.24) is 4.72 Å². The third-order valence-corrected chi connectivity index (χ3v) is 7.64. The lowest BCUT2D eigenvalue weighted by molar-refractivity contribution is 0.491. The van der Waals surface area contributed by atoms with Gasteiger partial charge in [0.05, 0.1) is 5.69 Å². The summed E-state index contributed by atoms with van der Waals surface area (Å²) in [6, 6.07) is 18.9. The SMILES string of the molecule is CC(C)(C)NS(=O)(=O)c1c(Nc2ccccc2)ssc1=Nc1ccccc1. The Labute approximate surface area is 166 Å².